The molecule has 0 radical (unpaired) electrons. The van der Waals surface area contributed by atoms with Gasteiger partial charge in [-0.1, -0.05) is 49.1 Å². The quantitative estimate of drug-likeness (QED) is 0.673. The average Bonchev–Trinajstić information content (AvgIpc) is 2.77. The summed E-state index contributed by atoms with van der Waals surface area (Å²) in [4.78, 5) is 26.9. The molecule has 0 aromatic heterocycles. The number of hydrogen-bond acceptors (Lipinski definition) is 3. The molecule has 30 heavy (non-hydrogen) atoms. The third kappa shape index (κ3) is 5.45. The van der Waals surface area contributed by atoms with Gasteiger partial charge < -0.3 is 20.3 Å². The highest BCUT2D eigenvalue weighted by Crippen LogP contribution is 2.26. The van der Waals surface area contributed by atoms with Crippen molar-refractivity contribution in [2.24, 2.45) is 0 Å². The Kier molecular flexibility index (Phi) is 7.57. The van der Waals surface area contributed by atoms with Gasteiger partial charge in [-0.05, 0) is 37.1 Å². The van der Waals surface area contributed by atoms with Gasteiger partial charge in [-0.2, -0.15) is 0 Å². The molecule has 0 spiro atoms. The Balaban J connectivity index is 1.59. The van der Waals surface area contributed by atoms with Gasteiger partial charge in [0.1, 0.15) is 5.75 Å². The standard InChI is InChI=1S/C23H28ClN3O3/c1-27(18-9-4-3-5-10-18)22(28)19-13-12-17(14-20(19)24)26-23(29)25-15-16-8-6-7-11-21(16)30-2/h6-8,11-14,18H,3-5,9-10,15H2,1-2H3,(H2,25,26,29). The van der Waals surface area contributed by atoms with Gasteiger partial charge in [0.15, 0.2) is 0 Å². The zero-order valence-electron chi connectivity index (χ0n) is 17.4. The number of benzene rings is 2. The van der Waals surface area contributed by atoms with E-state index in [1.807, 2.05) is 31.3 Å². The number of ether oxygens (including phenoxy) is 1. The van der Waals surface area contributed by atoms with E-state index in [2.05, 4.69) is 10.6 Å². The second kappa shape index (κ2) is 10.3. The van der Waals surface area contributed by atoms with Crippen molar-refractivity contribution < 1.29 is 14.3 Å². The van der Waals surface area contributed by atoms with E-state index in [1.165, 1.54) is 6.42 Å². The van der Waals surface area contributed by atoms with Crippen LogP contribution in [-0.4, -0.2) is 37.0 Å². The summed E-state index contributed by atoms with van der Waals surface area (Å²) in [5.41, 5.74) is 1.85. The number of carbonyl (C=O) groups is 2. The van der Waals surface area contributed by atoms with Gasteiger partial charge in [0, 0.05) is 30.9 Å². The number of para-hydroxylation sites is 1. The molecule has 7 heteroatoms. The topological polar surface area (TPSA) is 70.7 Å². The third-order valence-corrected chi connectivity index (χ3v) is 5.84. The number of urea groups is 1. The second-order valence-corrected chi connectivity index (χ2v) is 7.93. The van der Waals surface area contributed by atoms with Crippen LogP contribution < -0.4 is 15.4 Å². The Labute approximate surface area is 182 Å². The minimum Gasteiger partial charge on any atom is -0.496 e. The molecule has 0 atom stereocenters. The molecule has 0 bridgehead atoms. The number of halogens is 1. The first-order chi connectivity index (χ1) is 14.5. The molecule has 160 valence electrons. The number of rotatable bonds is 6. The lowest BCUT2D eigenvalue weighted by molar-refractivity contribution is 0.0696. The Bertz CT molecular complexity index is 897. The van der Waals surface area contributed by atoms with Crippen molar-refractivity contribution in [2.45, 2.75) is 44.7 Å². The molecule has 1 aliphatic rings. The molecule has 1 fully saturated rings. The van der Waals surface area contributed by atoms with Gasteiger partial charge in [0.05, 0.1) is 17.7 Å². The van der Waals surface area contributed by atoms with E-state index in [4.69, 9.17) is 16.3 Å². The van der Waals surface area contributed by atoms with Crippen molar-refractivity contribution in [1.82, 2.24) is 10.2 Å². The summed E-state index contributed by atoms with van der Waals surface area (Å²) >= 11 is 6.37. The molecule has 3 rings (SSSR count). The summed E-state index contributed by atoms with van der Waals surface area (Å²) < 4.78 is 5.29. The fourth-order valence-corrected chi connectivity index (χ4v) is 4.05. The average molecular weight is 430 g/mol. The van der Waals surface area contributed by atoms with E-state index in [-0.39, 0.29) is 18.0 Å². The molecule has 6 nitrogen and oxygen atoms in total. The fourth-order valence-electron chi connectivity index (χ4n) is 3.79. The maximum absolute atomic E-state index is 12.8. The molecule has 1 saturated carbocycles. The lowest BCUT2D eigenvalue weighted by Crippen LogP contribution is -2.38. The molecule has 0 heterocycles. The van der Waals surface area contributed by atoms with Crippen LogP contribution in [-0.2, 0) is 6.54 Å². The van der Waals surface area contributed by atoms with Gasteiger partial charge in [-0.15, -0.1) is 0 Å². The second-order valence-electron chi connectivity index (χ2n) is 7.52. The van der Waals surface area contributed by atoms with Gasteiger partial charge >= 0.3 is 6.03 Å². The maximum atomic E-state index is 12.8. The Morgan fingerprint density at radius 2 is 1.87 bits per heavy atom. The lowest BCUT2D eigenvalue weighted by atomic mass is 9.94. The summed E-state index contributed by atoms with van der Waals surface area (Å²) in [5, 5.41) is 5.87. The molecular formula is C23H28ClN3O3. The summed E-state index contributed by atoms with van der Waals surface area (Å²) in [6.45, 7) is 0.326. The largest absolute Gasteiger partial charge is 0.496 e. The van der Waals surface area contributed by atoms with Gasteiger partial charge in [0.2, 0.25) is 0 Å². The molecule has 2 aromatic rings. The van der Waals surface area contributed by atoms with E-state index >= 15 is 0 Å². The molecule has 0 unspecified atom stereocenters. The number of nitrogens with one attached hydrogen (secondary N) is 2. The van der Waals surface area contributed by atoms with E-state index in [0.29, 0.717) is 28.6 Å². The van der Waals surface area contributed by atoms with Crippen LogP contribution in [0.15, 0.2) is 42.5 Å². The minimum absolute atomic E-state index is 0.0842. The third-order valence-electron chi connectivity index (χ3n) is 5.53. The highest BCUT2D eigenvalue weighted by atomic mass is 35.5. The number of hydrogen-bond donors (Lipinski definition) is 2. The van der Waals surface area contributed by atoms with E-state index in [9.17, 15) is 9.59 Å². The Hall–Kier alpha value is -2.73. The zero-order valence-corrected chi connectivity index (χ0v) is 18.2. The summed E-state index contributed by atoms with van der Waals surface area (Å²) in [6, 6.07) is 12.4. The van der Waals surface area contributed by atoms with Gasteiger partial charge in [-0.3, -0.25) is 4.79 Å². The molecule has 0 saturated heterocycles. The first-order valence-electron chi connectivity index (χ1n) is 10.2. The van der Waals surface area contributed by atoms with Gasteiger partial charge in [-0.25, -0.2) is 4.79 Å². The molecule has 2 N–H and O–H groups in total. The van der Waals surface area contributed by atoms with Crippen LogP contribution in [0.3, 0.4) is 0 Å². The molecule has 3 amide bonds. The van der Waals surface area contributed by atoms with Crippen LogP contribution in [0, 0.1) is 0 Å². The van der Waals surface area contributed by atoms with Gasteiger partial charge in [0.25, 0.3) is 5.91 Å². The predicted octanol–water partition coefficient (Wildman–Crippen LogP) is 5.08. The van der Waals surface area contributed by atoms with Crippen LogP contribution in [0.1, 0.15) is 48.0 Å². The Morgan fingerprint density at radius 1 is 1.13 bits per heavy atom. The van der Waals surface area contributed by atoms with Crippen molar-refractivity contribution in [2.75, 3.05) is 19.5 Å². The molecule has 0 aliphatic heterocycles. The monoisotopic (exact) mass is 429 g/mol. The van der Waals surface area contributed by atoms with Crippen LogP contribution in [0.5, 0.6) is 5.75 Å². The van der Waals surface area contributed by atoms with E-state index in [1.54, 1.807) is 30.2 Å². The SMILES string of the molecule is COc1ccccc1CNC(=O)Nc1ccc(C(=O)N(C)C2CCCCC2)c(Cl)c1. The van der Waals surface area contributed by atoms with Crippen molar-refractivity contribution in [1.29, 1.82) is 0 Å². The van der Waals surface area contributed by atoms with Crippen molar-refractivity contribution in [3.8, 4) is 5.75 Å². The Morgan fingerprint density at radius 3 is 2.57 bits per heavy atom. The number of methoxy groups -OCH3 is 1. The summed E-state index contributed by atoms with van der Waals surface area (Å²) in [5.74, 6) is 0.630. The highest BCUT2D eigenvalue weighted by Gasteiger charge is 2.24. The highest BCUT2D eigenvalue weighted by molar-refractivity contribution is 6.34. The van der Waals surface area contributed by atoms with Crippen LogP contribution in [0.25, 0.3) is 0 Å². The van der Waals surface area contributed by atoms with Crippen LogP contribution in [0.4, 0.5) is 10.5 Å². The zero-order chi connectivity index (χ0) is 21.5. The van der Waals surface area contributed by atoms with Crippen molar-refractivity contribution >= 4 is 29.2 Å². The minimum atomic E-state index is -0.365. The summed E-state index contributed by atoms with van der Waals surface area (Å²) in [7, 11) is 3.43. The smallest absolute Gasteiger partial charge is 0.319 e. The molecule has 2 aromatic carbocycles. The lowest BCUT2D eigenvalue weighted by Gasteiger charge is -2.31. The number of nitrogens with zero attached hydrogens (tertiary/aromatic N) is 1. The number of carbonyl (C=O) groups excluding carboxylic acids is 2. The first-order valence-corrected chi connectivity index (χ1v) is 10.6. The fraction of sp³-hybridized carbons (Fsp3) is 0.391. The van der Waals surface area contributed by atoms with Crippen molar-refractivity contribution in [3.05, 3.63) is 58.6 Å². The van der Waals surface area contributed by atoms with Crippen LogP contribution >= 0.6 is 11.6 Å². The van der Waals surface area contributed by atoms with Crippen molar-refractivity contribution in [3.63, 3.8) is 0 Å². The number of amides is 3. The summed E-state index contributed by atoms with van der Waals surface area (Å²) in [6.07, 6.45) is 5.61. The maximum Gasteiger partial charge on any atom is 0.319 e. The number of anilines is 1. The first kappa shape index (κ1) is 22.0. The molecule has 1 aliphatic carbocycles. The van der Waals surface area contributed by atoms with Crippen LogP contribution in [0.2, 0.25) is 5.02 Å². The predicted molar refractivity (Wildman–Crippen MR) is 119 cm³/mol. The van der Waals surface area contributed by atoms with E-state index in [0.717, 1.165) is 31.2 Å². The normalized spacial score (nSPS) is 14.1. The van der Waals surface area contributed by atoms with E-state index < -0.39 is 0 Å². The molecular weight excluding hydrogens is 402 g/mol.